The van der Waals surface area contributed by atoms with Gasteiger partial charge in [0, 0.05) is 31.6 Å². The van der Waals surface area contributed by atoms with E-state index in [0.29, 0.717) is 0 Å². The van der Waals surface area contributed by atoms with Crippen LogP contribution in [0, 0.1) is 12.4 Å². The zero-order chi connectivity index (χ0) is 31.1. The van der Waals surface area contributed by atoms with Crippen LogP contribution in [-0.2, 0) is 20.8 Å². The van der Waals surface area contributed by atoms with Gasteiger partial charge >= 0.3 is 18.3 Å². The van der Waals surface area contributed by atoms with E-state index in [1.54, 1.807) is 76.2 Å². The Kier molecular flexibility index (Phi) is 11.8. The maximum Gasteiger partial charge on any atom is 0.419 e. The van der Waals surface area contributed by atoms with Crippen molar-refractivity contribution in [3.8, 4) is 5.75 Å². The van der Waals surface area contributed by atoms with Crippen molar-refractivity contribution in [2.45, 2.75) is 112 Å². The molecule has 0 bridgehead atoms. The van der Waals surface area contributed by atoms with Gasteiger partial charge < -0.3 is 23.8 Å². The maximum atomic E-state index is 14.6. The predicted octanol–water partition coefficient (Wildman–Crippen LogP) is 7.46. The van der Waals surface area contributed by atoms with Crippen LogP contribution in [0.5, 0.6) is 5.75 Å². The van der Waals surface area contributed by atoms with E-state index < -0.39 is 47.0 Å². The summed E-state index contributed by atoms with van der Waals surface area (Å²) in [5.41, 5.74) is -2.49. The second-order valence-corrected chi connectivity index (χ2v) is 12.3. The molecule has 0 radical (unpaired) electrons. The van der Waals surface area contributed by atoms with Crippen LogP contribution < -0.4 is 4.74 Å². The van der Waals surface area contributed by atoms with Crippen molar-refractivity contribution in [3.05, 3.63) is 34.9 Å². The van der Waals surface area contributed by atoms with Gasteiger partial charge in [-0.3, -0.25) is 0 Å². The zero-order valence-electron chi connectivity index (χ0n) is 25.6. The van der Waals surface area contributed by atoms with Crippen molar-refractivity contribution >= 4 is 24.0 Å². The Morgan fingerprint density at radius 2 is 1.38 bits per heavy atom. The number of carbonyl (C=O) groups is 3. The van der Waals surface area contributed by atoms with Crippen LogP contribution in [0.25, 0.3) is 4.85 Å². The molecule has 0 saturated heterocycles. The summed E-state index contributed by atoms with van der Waals surface area (Å²) >= 11 is 0. The highest BCUT2D eigenvalue weighted by atomic mass is 19.1. The van der Waals surface area contributed by atoms with E-state index in [0.717, 1.165) is 11.0 Å². The van der Waals surface area contributed by atoms with Crippen molar-refractivity contribution in [1.29, 1.82) is 0 Å². The number of benzene rings is 1. The number of ether oxygens (including phenoxy) is 4. The van der Waals surface area contributed by atoms with Crippen molar-refractivity contribution < 1.29 is 37.7 Å². The summed E-state index contributed by atoms with van der Waals surface area (Å²) < 4.78 is 36.9. The molecule has 0 fully saturated rings. The van der Waals surface area contributed by atoms with Gasteiger partial charge in [-0.15, -0.1) is 0 Å². The van der Waals surface area contributed by atoms with Gasteiger partial charge in [-0.05, 0) is 88.3 Å². The Hall–Kier alpha value is -3.55. The van der Waals surface area contributed by atoms with E-state index in [2.05, 4.69) is 4.85 Å². The fourth-order valence-corrected chi connectivity index (χ4v) is 3.27. The van der Waals surface area contributed by atoms with Gasteiger partial charge in [0.25, 0.3) is 0 Å². The third-order valence-corrected chi connectivity index (χ3v) is 5.00. The van der Waals surface area contributed by atoms with E-state index >= 15 is 0 Å². The summed E-state index contributed by atoms with van der Waals surface area (Å²) in [5, 5.41) is 0. The Labute approximate surface area is 237 Å². The largest absolute Gasteiger partial charge is 0.492 e. The lowest BCUT2D eigenvalue weighted by Gasteiger charge is -2.29. The van der Waals surface area contributed by atoms with Gasteiger partial charge in [0.15, 0.2) is 0 Å². The number of halogens is 1. The molecular formula is C29H44FN3O7. The predicted molar refractivity (Wildman–Crippen MR) is 149 cm³/mol. The molecule has 1 aromatic carbocycles. The maximum absolute atomic E-state index is 14.6. The van der Waals surface area contributed by atoms with Crippen LogP contribution in [-0.4, -0.2) is 64.1 Å². The van der Waals surface area contributed by atoms with Crippen LogP contribution in [0.3, 0.4) is 0 Å². The highest BCUT2D eigenvalue weighted by Gasteiger charge is 2.32. The van der Waals surface area contributed by atoms with Crippen molar-refractivity contribution in [1.82, 2.24) is 9.80 Å². The third-order valence-electron chi connectivity index (χ3n) is 5.00. The molecule has 0 aliphatic rings. The molecule has 0 aliphatic carbocycles. The first-order valence-electron chi connectivity index (χ1n) is 13.2. The molecule has 0 unspecified atom stereocenters. The summed E-state index contributed by atoms with van der Waals surface area (Å²) in [4.78, 5) is 43.8. The highest BCUT2D eigenvalue weighted by Crippen LogP contribution is 2.34. The van der Waals surface area contributed by atoms with Crippen LogP contribution in [0.15, 0.2) is 12.1 Å². The summed E-state index contributed by atoms with van der Waals surface area (Å²) in [6.07, 6.45) is -2.75. The molecule has 0 saturated carbocycles. The van der Waals surface area contributed by atoms with E-state index in [1.807, 2.05) is 0 Å². The molecule has 0 aromatic heterocycles. The van der Waals surface area contributed by atoms with Gasteiger partial charge in [0.2, 0.25) is 5.69 Å². The number of amides is 3. The average molecular weight is 566 g/mol. The van der Waals surface area contributed by atoms with Gasteiger partial charge in [0.1, 0.15) is 28.4 Å². The zero-order valence-corrected chi connectivity index (χ0v) is 25.6. The first kappa shape index (κ1) is 34.5. The molecule has 10 nitrogen and oxygen atoms in total. The highest BCUT2D eigenvalue weighted by molar-refractivity contribution is 5.88. The van der Waals surface area contributed by atoms with Crippen LogP contribution >= 0.6 is 0 Å². The Morgan fingerprint density at radius 3 is 1.80 bits per heavy atom. The number of rotatable bonds is 8. The molecule has 3 amide bonds. The van der Waals surface area contributed by atoms with E-state index in [9.17, 15) is 18.8 Å². The van der Waals surface area contributed by atoms with Crippen molar-refractivity contribution in [2.75, 3.05) is 13.1 Å². The molecule has 0 heterocycles. The number of hydrogen-bond donors (Lipinski definition) is 0. The van der Waals surface area contributed by atoms with E-state index in [4.69, 9.17) is 25.5 Å². The first-order valence-corrected chi connectivity index (χ1v) is 13.2. The first-order chi connectivity index (χ1) is 18.2. The lowest BCUT2D eigenvalue weighted by atomic mass is 10.1. The molecular weight excluding hydrogens is 521 g/mol. The van der Waals surface area contributed by atoms with Gasteiger partial charge in [-0.2, -0.15) is 0 Å². The quantitative estimate of drug-likeness (QED) is 0.238. The Morgan fingerprint density at radius 1 is 0.900 bits per heavy atom. The smallest absolute Gasteiger partial charge is 0.419 e. The lowest BCUT2D eigenvalue weighted by Crippen LogP contribution is -2.44. The molecule has 0 spiro atoms. The van der Waals surface area contributed by atoms with Gasteiger partial charge in [-0.25, -0.2) is 28.5 Å². The second kappa shape index (κ2) is 13.7. The van der Waals surface area contributed by atoms with Gasteiger partial charge in [0.05, 0.1) is 12.7 Å². The van der Waals surface area contributed by atoms with Crippen molar-refractivity contribution in [2.24, 2.45) is 0 Å². The van der Waals surface area contributed by atoms with E-state index in [1.165, 1.54) is 11.0 Å². The monoisotopic (exact) mass is 565 g/mol. The normalized spacial score (nSPS) is 12.6. The summed E-state index contributed by atoms with van der Waals surface area (Å²) in [5.74, 6) is -0.547. The minimum atomic E-state index is -0.859. The number of nitrogens with zero attached hydrogens (tertiary/aromatic N) is 3. The third kappa shape index (κ3) is 11.7. The summed E-state index contributed by atoms with van der Waals surface area (Å²) in [6, 6.07) is 2.51. The number of carbonyl (C=O) groups excluding carboxylic acids is 3. The summed E-state index contributed by atoms with van der Waals surface area (Å²) in [7, 11) is 0. The molecule has 1 rings (SSSR count). The Bertz CT molecular complexity index is 1070. The topological polar surface area (TPSA) is 99.0 Å². The molecule has 1 atom stereocenters. The standard InChI is InChI=1S/C29H44FN3O7/c1-13-32(24(34)38-27(3,4)5)18-20-22(15-14-21(30)23(20)31-12)37-19(2)16-17-33(25(35)39-28(6,7)8)26(36)40-29(9,10)11/h14-15,19H,13,16-18H2,1-11H3/t19-/m0/s1. The van der Waals surface area contributed by atoms with Crippen molar-refractivity contribution in [3.63, 3.8) is 0 Å². The second-order valence-electron chi connectivity index (χ2n) is 12.3. The van der Waals surface area contributed by atoms with E-state index in [-0.39, 0.29) is 43.1 Å². The Balaban J connectivity index is 3.20. The minimum absolute atomic E-state index is 0.0871. The molecule has 40 heavy (non-hydrogen) atoms. The van der Waals surface area contributed by atoms with Crippen LogP contribution in [0.4, 0.5) is 24.5 Å². The molecule has 0 aliphatic heterocycles. The lowest BCUT2D eigenvalue weighted by molar-refractivity contribution is -0.000201. The number of hydrogen-bond acceptors (Lipinski definition) is 7. The van der Waals surface area contributed by atoms with Crippen LogP contribution in [0.1, 0.15) is 88.1 Å². The van der Waals surface area contributed by atoms with Crippen LogP contribution in [0.2, 0.25) is 0 Å². The summed E-state index contributed by atoms with van der Waals surface area (Å²) in [6.45, 7) is 26.3. The molecule has 11 heteroatoms. The minimum Gasteiger partial charge on any atom is -0.492 e. The molecule has 224 valence electrons. The average Bonchev–Trinajstić information content (AvgIpc) is 2.75. The number of imide groups is 1. The fraction of sp³-hybridized carbons (Fsp3) is 0.655. The SMILES string of the molecule is [C-]#[N+]c1c(F)ccc(O[C@@H](C)CCN(C(=O)OC(C)(C)C)C(=O)OC(C)(C)C)c1CN(CC)C(=O)OC(C)(C)C. The fourth-order valence-electron chi connectivity index (χ4n) is 3.27. The van der Waals surface area contributed by atoms with Gasteiger partial charge in [-0.1, -0.05) is 0 Å². The molecule has 0 N–H and O–H groups in total. The molecule has 1 aromatic rings.